The van der Waals surface area contributed by atoms with Crippen molar-refractivity contribution in [2.24, 2.45) is 0 Å². The maximum absolute atomic E-state index is 6.16. The highest BCUT2D eigenvalue weighted by molar-refractivity contribution is 7.18. The molecule has 0 saturated carbocycles. The van der Waals surface area contributed by atoms with Crippen molar-refractivity contribution in [1.29, 1.82) is 0 Å². The number of methoxy groups -OCH3 is 1. The molecule has 8 heteroatoms. The Morgan fingerprint density at radius 3 is 2.90 bits per heavy atom. The molecule has 0 N–H and O–H groups in total. The van der Waals surface area contributed by atoms with Crippen molar-refractivity contribution in [3.05, 3.63) is 34.4 Å². The summed E-state index contributed by atoms with van der Waals surface area (Å²) in [4.78, 5) is 5.20. The Kier molecular flexibility index (Phi) is 2.85. The van der Waals surface area contributed by atoms with Crippen molar-refractivity contribution in [2.45, 2.75) is 0 Å². The molecule has 0 fully saturated rings. The van der Waals surface area contributed by atoms with E-state index in [-0.39, 0.29) is 0 Å². The molecular weight excluding hydrogens is 333 g/mol. The fraction of sp³-hybridized carbons (Fsp3) is 0.0769. The number of furan rings is 1. The zero-order valence-electron chi connectivity index (χ0n) is 10.6. The fourth-order valence-corrected chi connectivity index (χ4v) is 3.30. The first-order valence-electron chi connectivity index (χ1n) is 5.93. The molecule has 5 nitrogen and oxygen atoms in total. The van der Waals surface area contributed by atoms with E-state index in [1.165, 1.54) is 11.3 Å². The van der Waals surface area contributed by atoms with Gasteiger partial charge in [-0.15, -0.1) is 5.10 Å². The van der Waals surface area contributed by atoms with Gasteiger partial charge in [0.2, 0.25) is 4.96 Å². The lowest BCUT2D eigenvalue weighted by molar-refractivity contribution is 0.405. The van der Waals surface area contributed by atoms with E-state index in [4.69, 9.17) is 32.4 Å². The third kappa shape index (κ3) is 2.07. The number of benzene rings is 1. The van der Waals surface area contributed by atoms with Crippen LogP contribution in [0.25, 0.3) is 27.4 Å². The second-order valence-corrected chi connectivity index (χ2v) is 6.10. The summed E-state index contributed by atoms with van der Waals surface area (Å²) in [6.07, 6.45) is 1.78. The second kappa shape index (κ2) is 4.62. The van der Waals surface area contributed by atoms with Crippen LogP contribution < -0.4 is 4.74 Å². The third-order valence-corrected chi connectivity index (χ3v) is 4.42. The summed E-state index contributed by atoms with van der Waals surface area (Å²) in [5, 5.41) is 6.67. The van der Waals surface area contributed by atoms with Gasteiger partial charge in [0, 0.05) is 16.5 Å². The highest BCUT2D eigenvalue weighted by Crippen LogP contribution is 2.34. The van der Waals surface area contributed by atoms with Crippen molar-refractivity contribution in [3.8, 4) is 16.6 Å². The summed E-state index contributed by atoms with van der Waals surface area (Å²) in [7, 11) is 1.57. The number of nitrogens with zero attached hydrogens (tertiary/aromatic N) is 3. The zero-order valence-corrected chi connectivity index (χ0v) is 13.0. The molecule has 0 saturated heterocycles. The summed E-state index contributed by atoms with van der Waals surface area (Å²) >= 11 is 13.5. The van der Waals surface area contributed by atoms with Gasteiger partial charge in [0.25, 0.3) is 5.19 Å². The molecule has 0 radical (unpaired) electrons. The van der Waals surface area contributed by atoms with E-state index in [1.54, 1.807) is 30.0 Å². The summed E-state index contributed by atoms with van der Waals surface area (Å²) in [5.74, 6) is 0.617. The normalized spacial score (nSPS) is 11.6. The van der Waals surface area contributed by atoms with Crippen LogP contribution in [0.2, 0.25) is 10.0 Å². The number of fused-ring (bicyclic) bond motifs is 2. The van der Waals surface area contributed by atoms with Crippen molar-refractivity contribution < 1.29 is 9.15 Å². The molecule has 0 aliphatic carbocycles. The van der Waals surface area contributed by atoms with Crippen LogP contribution in [0.4, 0.5) is 0 Å². The van der Waals surface area contributed by atoms with Crippen molar-refractivity contribution in [2.75, 3.05) is 7.11 Å². The molecule has 3 aromatic heterocycles. The van der Waals surface area contributed by atoms with Crippen LogP contribution in [0.3, 0.4) is 0 Å². The number of ether oxygens (including phenoxy) is 1. The van der Waals surface area contributed by atoms with E-state index in [0.717, 1.165) is 10.3 Å². The number of rotatable bonds is 2. The summed E-state index contributed by atoms with van der Waals surface area (Å²) < 4.78 is 12.5. The quantitative estimate of drug-likeness (QED) is 0.538. The first-order valence-corrected chi connectivity index (χ1v) is 7.50. The molecule has 4 rings (SSSR count). The fourth-order valence-electron chi connectivity index (χ4n) is 2.07. The van der Waals surface area contributed by atoms with Crippen molar-refractivity contribution >= 4 is 50.5 Å². The highest BCUT2D eigenvalue weighted by atomic mass is 35.5. The van der Waals surface area contributed by atoms with Crippen LogP contribution in [-0.4, -0.2) is 21.7 Å². The predicted molar refractivity (Wildman–Crippen MR) is 82.6 cm³/mol. The number of aromatic nitrogens is 3. The van der Waals surface area contributed by atoms with Gasteiger partial charge in [-0.25, -0.2) is 9.50 Å². The molecule has 0 unspecified atom stereocenters. The van der Waals surface area contributed by atoms with E-state index >= 15 is 0 Å². The Bertz CT molecular complexity index is 941. The van der Waals surface area contributed by atoms with Gasteiger partial charge in [-0.3, -0.25) is 0 Å². The molecule has 0 aliphatic rings. The molecular formula is C13H7Cl2N3O2S. The van der Waals surface area contributed by atoms with Crippen LogP contribution >= 0.6 is 34.5 Å². The van der Waals surface area contributed by atoms with E-state index < -0.39 is 0 Å². The second-order valence-electron chi connectivity index (χ2n) is 4.34. The number of hydrogen-bond donors (Lipinski definition) is 0. The molecule has 0 aliphatic heterocycles. The minimum atomic E-state index is 0.533. The lowest BCUT2D eigenvalue weighted by atomic mass is 10.2. The topological polar surface area (TPSA) is 52.6 Å². The first-order chi connectivity index (χ1) is 10.1. The smallest absolute Gasteiger partial charge is 0.294 e. The van der Waals surface area contributed by atoms with Gasteiger partial charge in [-0.1, -0.05) is 23.2 Å². The zero-order chi connectivity index (χ0) is 14.6. The first kappa shape index (κ1) is 12.9. The molecule has 106 valence electrons. The number of halogens is 2. The molecule has 21 heavy (non-hydrogen) atoms. The third-order valence-electron chi connectivity index (χ3n) is 3.00. The average Bonchev–Trinajstić information content (AvgIpc) is 3.08. The standard InChI is InChI=1S/C13H7Cl2N3O2S/c1-19-13-17-18-5-9(16-12(18)21-13)11-4-7-8(15)2-6(14)3-10(7)20-11/h2-5H,1H3. The van der Waals surface area contributed by atoms with Crippen LogP contribution in [0.15, 0.2) is 28.8 Å². The molecule has 0 atom stereocenters. The monoisotopic (exact) mass is 339 g/mol. The Morgan fingerprint density at radius 2 is 2.14 bits per heavy atom. The predicted octanol–water partition coefficient (Wildman–Crippen LogP) is 4.52. The van der Waals surface area contributed by atoms with Gasteiger partial charge >= 0.3 is 0 Å². The highest BCUT2D eigenvalue weighted by Gasteiger charge is 2.15. The Balaban J connectivity index is 1.87. The van der Waals surface area contributed by atoms with Gasteiger partial charge < -0.3 is 9.15 Å². The largest absolute Gasteiger partial charge is 0.472 e. The molecule has 1 aromatic carbocycles. The minimum Gasteiger partial charge on any atom is -0.472 e. The summed E-state index contributed by atoms with van der Waals surface area (Å²) in [6.45, 7) is 0. The van der Waals surface area contributed by atoms with Crippen molar-refractivity contribution in [1.82, 2.24) is 14.6 Å². The van der Waals surface area contributed by atoms with Gasteiger partial charge in [0.1, 0.15) is 11.3 Å². The minimum absolute atomic E-state index is 0.533. The molecule has 0 spiro atoms. The lowest BCUT2D eigenvalue weighted by Gasteiger charge is -1.92. The molecule has 0 amide bonds. The van der Waals surface area contributed by atoms with Gasteiger partial charge in [0.15, 0.2) is 5.76 Å². The van der Waals surface area contributed by atoms with Crippen LogP contribution in [0.5, 0.6) is 5.19 Å². The van der Waals surface area contributed by atoms with Gasteiger partial charge in [-0.05, 0) is 23.5 Å². The average molecular weight is 340 g/mol. The van der Waals surface area contributed by atoms with Crippen LogP contribution in [0, 0.1) is 0 Å². The van der Waals surface area contributed by atoms with Crippen molar-refractivity contribution in [3.63, 3.8) is 0 Å². The Hall–Kier alpha value is -1.76. The van der Waals surface area contributed by atoms with E-state index in [1.807, 2.05) is 6.07 Å². The van der Waals surface area contributed by atoms with Crippen LogP contribution in [0.1, 0.15) is 0 Å². The summed E-state index contributed by atoms with van der Waals surface area (Å²) in [5.41, 5.74) is 1.31. The van der Waals surface area contributed by atoms with Gasteiger partial charge in [0.05, 0.1) is 18.3 Å². The van der Waals surface area contributed by atoms with Crippen LogP contribution in [-0.2, 0) is 0 Å². The van der Waals surface area contributed by atoms with E-state index in [0.29, 0.717) is 32.3 Å². The molecule has 0 bridgehead atoms. The number of hydrogen-bond acceptors (Lipinski definition) is 5. The lowest BCUT2D eigenvalue weighted by Crippen LogP contribution is -1.84. The Morgan fingerprint density at radius 1 is 1.29 bits per heavy atom. The summed E-state index contributed by atoms with van der Waals surface area (Å²) in [6, 6.07) is 5.26. The SMILES string of the molecule is COc1nn2cc(-c3cc4c(Cl)cc(Cl)cc4o3)nc2s1. The Labute approximate surface area is 132 Å². The van der Waals surface area contributed by atoms with E-state index in [2.05, 4.69) is 10.1 Å². The van der Waals surface area contributed by atoms with Gasteiger partial charge in [-0.2, -0.15) is 0 Å². The maximum atomic E-state index is 6.16. The molecule has 3 heterocycles. The molecule has 4 aromatic rings. The van der Waals surface area contributed by atoms with E-state index in [9.17, 15) is 0 Å². The maximum Gasteiger partial charge on any atom is 0.294 e. The number of imidazole rings is 1.